The highest BCUT2D eigenvalue weighted by Gasteiger charge is 2.25. The third-order valence-electron chi connectivity index (χ3n) is 4.22. The van der Waals surface area contributed by atoms with Gasteiger partial charge in [-0.2, -0.15) is 4.31 Å². The average Bonchev–Trinajstić information content (AvgIpc) is 2.62. The molecule has 0 aliphatic carbocycles. The summed E-state index contributed by atoms with van der Waals surface area (Å²) in [4.78, 5) is 15.0. The van der Waals surface area contributed by atoms with Crippen molar-refractivity contribution in [1.82, 2.24) is 9.29 Å². The number of halogens is 1. The highest BCUT2D eigenvalue weighted by Crippen LogP contribution is 2.19. The topological polar surface area (TPSA) is 90.5 Å². The molecule has 3 rings (SSSR count). The Morgan fingerprint density at radius 1 is 1.11 bits per heavy atom. The van der Waals surface area contributed by atoms with Gasteiger partial charge in [0, 0.05) is 24.2 Å². The van der Waals surface area contributed by atoms with Crippen molar-refractivity contribution in [2.45, 2.75) is 18.4 Å². The minimum atomic E-state index is -4.00. The molecule has 6 nitrogen and oxygen atoms in total. The molecule has 0 radical (unpaired) electrons. The summed E-state index contributed by atoms with van der Waals surface area (Å²) >= 11 is 0. The van der Waals surface area contributed by atoms with Crippen LogP contribution in [0.1, 0.15) is 11.1 Å². The fourth-order valence-electron chi connectivity index (χ4n) is 2.83. The zero-order valence-corrected chi connectivity index (χ0v) is 15.5. The molecule has 8 heteroatoms. The fourth-order valence-corrected chi connectivity index (χ4v) is 4.24. The summed E-state index contributed by atoms with van der Waals surface area (Å²) in [6.45, 7) is 1.11. The van der Waals surface area contributed by atoms with E-state index < -0.39 is 28.0 Å². The predicted octanol–water partition coefficient (Wildman–Crippen LogP) is 2.16. The van der Waals surface area contributed by atoms with Crippen LogP contribution in [0, 0.1) is 12.7 Å². The number of pyridine rings is 1. The first kappa shape index (κ1) is 19.2. The molecule has 0 amide bonds. The molecule has 1 heterocycles. The van der Waals surface area contributed by atoms with Crippen LogP contribution in [0.15, 0.2) is 58.2 Å². The standard InChI is InChI=1S/C19H19FN2O4S/c1-13-2-7-18-14(10-13)11-15(19(24)21-18)12-22(8-9-23)27(25,26)17-5-3-16(20)4-6-17/h2-7,10-11,23H,8-9,12H2,1H3,(H,21,24). The number of H-pyrrole nitrogens is 1. The minimum absolute atomic E-state index is 0.106. The molecule has 27 heavy (non-hydrogen) atoms. The SMILES string of the molecule is Cc1ccc2[nH]c(=O)c(CN(CCO)S(=O)(=O)c3ccc(F)cc3)cc2c1. The minimum Gasteiger partial charge on any atom is -0.395 e. The second-order valence-electron chi connectivity index (χ2n) is 6.23. The number of aromatic nitrogens is 1. The van der Waals surface area contributed by atoms with Crippen molar-refractivity contribution in [1.29, 1.82) is 0 Å². The highest BCUT2D eigenvalue weighted by molar-refractivity contribution is 7.89. The van der Waals surface area contributed by atoms with E-state index in [1.54, 1.807) is 12.1 Å². The van der Waals surface area contributed by atoms with Gasteiger partial charge in [0.2, 0.25) is 10.0 Å². The van der Waals surface area contributed by atoms with Gasteiger partial charge in [-0.3, -0.25) is 4.79 Å². The molecule has 3 aromatic rings. The second-order valence-corrected chi connectivity index (χ2v) is 8.17. The fraction of sp³-hybridized carbons (Fsp3) is 0.211. The van der Waals surface area contributed by atoms with E-state index in [1.807, 2.05) is 19.1 Å². The Morgan fingerprint density at radius 2 is 1.81 bits per heavy atom. The summed E-state index contributed by atoms with van der Waals surface area (Å²) in [6.07, 6.45) is 0. The highest BCUT2D eigenvalue weighted by atomic mass is 32.2. The lowest BCUT2D eigenvalue weighted by Crippen LogP contribution is -2.35. The van der Waals surface area contributed by atoms with Crippen molar-refractivity contribution in [3.05, 3.63) is 75.8 Å². The molecule has 1 aromatic heterocycles. The Labute approximate surface area is 155 Å². The lowest BCUT2D eigenvalue weighted by atomic mass is 10.1. The number of sulfonamides is 1. The largest absolute Gasteiger partial charge is 0.395 e. The van der Waals surface area contributed by atoms with Crippen LogP contribution in [0.5, 0.6) is 0 Å². The predicted molar refractivity (Wildman–Crippen MR) is 100 cm³/mol. The number of aryl methyl sites for hydroxylation is 1. The number of rotatable bonds is 6. The van der Waals surface area contributed by atoms with Crippen LogP contribution in [0.2, 0.25) is 0 Å². The number of hydrogen-bond acceptors (Lipinski definition) is 4. The summed E-state index contributed by atoms with van der Waals surface area (Å²) in [7, 11) is -4.00. The van der Waals surface area contributed by atoms with Crippen LogP contribution in [0.25, 0.3) is 10.9 Å². The monoisotopic (exact) mass is 390 g/mol. The number of nitrogens with zero attached hydrogens (tertiary/aromatic N) is 1. The molecule has 0 atom stereocenters. The molecule has 2 aromatic carbocycles. The molecule has 0 aliphatic rings. The Hall–Kier alpha value is -2.55. The first-order valence-corrected chi connectivity index (χ1v) is 9.74. The smallest absolute Gasteiger partial charge is 0.252 e. The summed E-state index contributed by atoms with van der Waals surface area (Å²) in [5.41, 5.74) is 1.52. The third-order valence-corrected chi connectivity index (χ3v) is 6.08. The molecular formula is C19H19FN2O4S. The Bertz CT molecular complexity index is 1120. The van der Waals surface area contributed by atoms with Gasteiger partial charge in [-0.15, -0.1) is 0 Å². The maximum absolute atomic E-state index is 13.1. The van der Waals surface area contributed by atoms with Crippen LogP contribution < -0.4 is 5.56 Å². The molecule has 0 bridgehead atoms. The molecule has 0 aliphatic heterocycles. The maximum Gasteiger partial charge on any atom is 0.252 e. The summed E-state index contributed by atoms with van der Waals surface area (Å²) < 4.78 is 39.8. The van der Waals surface area contributed by atoms with Crippen molar-refractivity contribution >= 4 is 20.9 Å². The van der Waals surface area contributed by atoms with Gasteiger partial charge in [0.15, 0.2) is 0 Å². The van der Waals surface area contributed by atoms with Crippen molar-refractivity contribution in [3.8, 4) is 0 Å². The van der Waals surface area contributed by atoms with Gasteiger partial charge in [-0.25, -0.2) is 12.8 Å². The van der Waals surface area contributed by atoms with Gasteiger partial charge < -0.3 is 10.1 Å². The Kier molecular flexibility index (Phi) is 5.41. The Morgan fingerprint density at radius 3 is 2.48 bits per heavy atom. The van der Waals surface area contributed by atoms with Crippen LogP contribution in [0.3, 0.4) is 0 Å². The van der Waals surface area contributed by atoms with E-state index in [1.165, 1.54) is 0 Å². The average molecular weight is 390 g/mol. The first-order valence-electron chi connectivity index (χ1n) is 8.30. The van der Waals surface area contributed by atoms with Crippen LogP contribution in [0.4, 0.5) is 4.39 Å². The van der Waals surface area contributed by atoms with Crippen LogP contribution >= 0.6 is 0 Å². The van der Waals surface area contributed by atoms with E-state index in [-0.39, 0.29) is 23.5 Å². The van der Waals surface area contributed by atoms with E-state index in [9.17, 15) is 22.7 Å². The molecule has 0 saturated heterocycles. The zero-order chi connectivity index (χ0) is 19.6. The van der Waals surface area contributed by atoms with Crippen molar-refractivity contribution in [2.24, 2.45) is 0 Å². The van der Waals surface area contributed by atoms with Crippen molar-refractivity contribution in [2.75, 3.05) is 13.2 Å². The number of nitrogens with one attached hydrogen (secondary N) is 1. The molecule has 142 valence electrons. The molecule has 0 fully saturated rings. The first-order chi connectivity index (χ1) is 12.8. The molecule has 0 saturated carbocycles. The second kappa shape index (κ2) is 7.59. The van der Waals surface area contributed by atoms with Crippen LogP contribution in [-0.2, 0) is 16.6 Å². The number of benzene rings is 2. The van der Waals surface area contributed by atoms with E-state index in [0.717, 1.165) is 39.5 Å². The quantitative estimate of drug-likeness (QED) is 0.675. The molecule has 2 N–H and O–H groups in total. The van der Waals surface area contributed by atoms with Gasteiger partial charge >= 0.3 is 0 Å². The van der Waals surface area contributed by atoms with Gasteiger partial charge in [-0.1, -0.05) is 11.6 Å². The zero-order valence-electron chi connectivity index (χ0n) is 14.6. The van der Waals surface area contributed by atoms with E-state index >= 15 is 0 Å². The third kappa shape index (κ3) is 4.08. The number of aromatic amines is 1. The van der Waals surface area contributed by atoms with E-state index in [2.05, 4.69) is 4.98 Å². The molecule has 0 unspecified atom stereocenters. The lowest BCUT2D eigenvalue weighted by molar-refractivity contribution is 0.251. The number of aliphatic hydroxyl groups is 1. The van der Waals surface area contributed by atoms with E-state index in [0.29, 0.717) is 5.52 Å². The van der Waals surface area contributed by atoms with Gasteiger partial charge in [0.25, 0.3) is 5.56 Å². The van der Waals surface area contributed by atoms with Gasteiger partial charge in [-0.05, 0) is 54.8 Å². The number of fused-ring (bicyclic) bond motifs is 1. The van der Waals surface area contributed by atoms with Crippen molar-refractivity contribution < 1.29 is 17.9 Å². The molecule has 0 spiro atoms. The number of hydrogen-bond donors (Lipinski definition) is 2. The maximum atomic E-state index is 13.1. The summed E-state index contributed by atoms with van der Waals surface area (Å²) in [6, 6.07) is 11.6. The molecular weight excluding hydrogens is 371 g/mol. The van der Waals surface area contributed by atoms with E-state index in [4.69, 9.17) is 0 Å². The number of aliphatic hydroxyl groups excluding tert-OH is 1. The van der Waals surface area contributed by atoms with Crippen LogP contribution in [-0.4, -0.2) is 36.0 Å². The van der Waals surface area contributed by atoms with Gasteiger partial charge in [0.05, 0.1) is 11.5 Å². The van der Waals surface area contributed by atoms with Gasteiger partial charge in [0.1, 0.15) is 5.82 Å². The summed E-state index contributed by atoms with van der Waals surface area (Å²) in [5.74, 6) is -0.552. The Balaban J connectivity index is 2.01. The lowest BCUT2D eigenvalue weighted by Gasteiger charge is -2.21. The summed E-state index contributed by atoms with van der Waals surface area (Å²) in [5, 5.41) is 10.1. The van der Waals surface area contributed by atoms with Crippen molar-refractivity contribution in [3.63, 3.8) is 0 Å². The normalized spacial score (nSPS) is 12.0.